The summed E-state index contributed by atoms with van der Waals surface area (Å²) in [5.41, 5.74) is 2.42. The van der Waals surface area contributed by atoms with Crippen molar-refractivity contribution >= 4 is 33.6 Å². The van der Waals surface area contributed by atoms with Crippen molar-refractivity contribution in [2.24, 2.45) is 0 Å². The van der Waals surface area contributed by atoms with Crippen LogP contribution < -0.4 is 19.5 Å². The Hall–Kier alpha value is -4.61. The number of amides is 1. The van der Waals surface area contributed by atoms with Crippen LogP contribution in [0.5, 0.6) is 17.2 Å². The number of carbonyl (C=O) groups is 1. The lowest BCUT2D eigenvalue weighted by Crippen LogP contribution is -2.13. The molecule has 6 nitrogen and oxygen atoms in total. The Morgan fingerprint density at radius 3 is 2.38 bits per heavy atom. The van der Waals surface area contributed by atoms with Gasteiger partial charge in [0.15, 0.2) is 11.5 Å². The van der Waals surface area contributed by atoms with Gasteiger partial charge in [-0.2, -0.15) is 5.26 Å². The number of nitrogens with zero attached hydrogens (tertiary/aromatic N) is 1. The van der Waals surface area contributed by atoms with Gasteiger partial charge in [0, 0.05) is 11.3 Å². The fraction of sp³-hybridized carbons (Fsp3) is 0.125. The van der Waals surface area contributed by atoms with Crippen LogP contribution in [-0.2, 0) is 18.0 Å². The number of nitriles is 1. The van der Waals surface area contributed by atoms with E-state index < -0.39 is 5.91 Å². The molecule has 0 aliphatic rings. The van der Waals surface area contributed by atoms with Gasteiger partial charge in [-0.25, -0.2) is 4.39 Å². The zero-order valence-corrected chi connectivity index (χ0v) is 23.3. The van der Waals surface area contributed by atoms with Crippen LogP contribution in [0.1, 0.15) is 23.6 Å². The monoisotopic (exact) mass is 600 g/mol. The first-order valence-corrected chi connectivity index (χ1v) is 13.3. The normalized spacial score (nSPS) is 10.9. The van der Waals surface area contributed by atoms with E-state index in [1.54, 1.807) is 54.6 Å². The van der Waals surface area contributed by atoms with Crippen LogP contribution >= 0.6 is 15.9 Å². The fourth-order valence-corrected chi connectivity index (χ4v) is 4.30. The van der Waals surface area contributed by atoms with Crippen LogP contribution in [0, 0.1) is 17.1 Å². The van der Waals surface area contributed by atoms with Gasteiger partial charge in [0.05, 0.1) is 11.1 Å². The standard InChI is InChI=1S/C32H26BrFN2O4/c1-2-38-30-18-23(17-28(33)31(30)40-21-24-10-6-7-11-29(24)34)16-25(19-35)32(37)36-26-12-14-27(15-13-26)39-20-22-8-4-3-5-9-22/h3-18H,2,20-21H2,1H3,(H,36,37)/b25-16+. The van der Waals surface area contributed by atoms with Gasteiger partial charge in [-0.15, -0.1) is 0 Å². The summed E-state index contributed by atoms with van der Waals surface area (Å²) in [4.78, 5) is 12.9. The van der Waals surface area contributed by atoms with Gasteiger partial charge in [0.2, 0.25) is 0 Å². The number of anilines is 1. The van der Waals surface area contributed by atoms with Gasteiger partial charge >= 0.3 is 0 Å². The molecule has 8 heteroatoms. The highest BCUT2D eigenvalue weighted by Crippen LogP contribution is 2.38. The second kappa shape index (κ2) is 14.0. The van der Waals surface area contributed by atoms with Crippen LogP contribution in [-0.4, -0.2) is 12.5 Å². The molecular weight excluding hydrogens is 575 g/mol. The van der Waals surface area contributed by atoms with Crippen molar-refractivity contribution in [2.45, 2.75) is 20.1 Å². The third-order valence-electron chi connectivity index (χ3n) is 5.70. The van der Waals surface area contributed by atoms with E-state index in [-0.39, 0.29) is 18.0 Å². The Bertz CT molecular complexity index is 1530. The maximum Gasteiger partial charge on any atom is 0.266 e. The van der Waals surface area contributed by atoms with Crippen molar-refractivity contribution in [3.05, 3.63) is 124 Å². The number of ether oxygens (including phenoxy) is 3. The SMILES string of the molecule is CCOc1cc(/C=C(\C#N)C(=O)Nc2ccc(OCc3ccccc3)cc2)cc(Br)c1OCc1ccccc1F. The third kappa shape index (κ3) is 7.71. The molecule has 1 amide bonds. The van der Waals surface area contributed by atoms with E-state index in [4.69, 9.17) is 14.2 Å². The smallest absolute Gasteiger partial charge is 0.266 e. The summed E-state index contributed by atoms with van der Waals surface area (Å²) >= 11 is 3.47. The predicted molar refractivity (Wildman–Crippen MR) is 155 cm³/mol. The second-order valence-corrected chi connectivity index (χ2v) is 9.42. The summed E-state index contributed by atoms with van der Waals surface area (Å²) in [5, 5.41) is 12.4. The Labute approximate surface area is 240 Å². The lowest BCUT2D eigenvalue weighted by atomic mass is 10.1. The van der Waals surface area contributed by atoms with E-state index in [2.05, 4.69) is 21.2 Å². The molecule has 1 N–H and O–H groups in total. The number of rotatable bonds is 11. The number of halogens is 2. The molecule has 4 rings (SSSR count). The molecule has 0 unspecified atom stereocenters. The minimum atomic E-state index is -0.561. The average Bonchev–Trinajstić information content (AvgIpc) is 2.96. The molecule has 0 aliphatic heterocycles. The first-order valence-electron chi connectivity index (χ1n) is 12.5. The van der Waals surface area contributed by atoms with Crippen LogP contribution in [0.4, 0.5) is 10.1 Å². The second-order valence-electron chi connectivity index (χ2n) is 8.57. The number of nitrogens with one attached hydrogen (secondary N) is 1. The number of hydrogen-bond acceptors (Lipinski definition) is 5. The van der Waals surface area contributed by atoms with Crippen molar-refractivity contribution < 1.29 is 23.4 Å². The molecule has 0 aliphatic carbocycles. The molecule has 4 aromatic carbocycles. The maximum atomic E-state index is 14.0. The van der Waals surface area contributed by atoms with E-state index in [1.165, 1.54) is 12.1 Å². The lowest BCUT2D eigenvalue weighted by molar-refractivity contribution is -0.112. The summed E-state index contributed by atoms with van der Waals surface area (Å²) in [6.07, 6.45) is 1.46. The first-order chi connectivity index (χ1) is 19.5. The first kappa shape index (κ1) is 28.4. The van der Waals surface area contributed by atoms with Gasteiger partial charge in [-0.3, -0.25) is 4.79 Å². The quantitative estimate of drug-likeness (QED) is 0.141. The van der Waals surface area contributed by atoms with E-state index in [9.17, 15) is 14.4 Å². The molecule has 0 bridgehead atoms. The van der Waals surface area contributed by atoms with Crippen molar-refractivity contribution in [1.29, 1.82) is 5.26 Å². The largest absolute Gasteiger partial charge is 0.490 e. The highest BCUT2D eigenvalue weighted by atomic mass is 79.9. The van der Waals surface area contributed by atoms with Crippen LogP contribution in [0.15, 0.2) is 101 Å². The average molecular weight is 601 g/mol. The number of carbonyl (C=O) groups excluding carboxylic acids is 1. The molecule has 0 saturated carbocycles. The van der Waals surface area contributed by atoms with Gasteiger partial charge in [-0.1, -0.05) is 48.5 Å². The van der Waals surface area contributed by atoms with Crippen LogP contribution in [0.3, 0.4) is 0 Å². The fourth-order valence-electron chi connectivity index (χ4n) is 3.73. The summed E-state index contributed by atoms with van der Waals surface area (Å²) in [6, 6.07) is 28.4. The summed E-state index contributed by atoms with van der Waals surface area (Å²) in [7, 11) is 0. The minimum Gasteiger partial charge on any atom is -0.490 e. The Kier molecular flexibility index (Phi) is 9.92. The highest BCUT2D eigenvalue weighted by Gasteiger charge is 2.15. The summed E-state index contributed by atoms with van der Waals surface area (Å²) < 4.78 is 31.9. The lowest BCUT2D eigenvalue weighted by Gasteiger charge is -2.15. The molecule has 0 spiro atoms. The van der Waals surface area contributed by atoms with Gasteiger partial charge in [0.25, 0.3) is 5.91 Å². The van der Waals surface area contributed by atoms with Gasteiger partial charge in [0.1, 0.15) is 36.4 Å². The van der Waals surface area contributed by atoms with Crippen molar-refractivity contribution in [1.82, 2.24) is 0 Å². The zero-order valence-electron chi connectivity index (χ0n) is 21.7. The predicted octanol–water partition coefficient (Wildman–Crippen LogP) is 7.69. The molecule has 202 valence electrons. The summed E-state index contributed by atoms with van der Waals surface area (Å²) in [6.45, 7) is 2.61. The molecule has 0 atom stereocenters. The molecule has 40 heavy (non-hydrogen) atoms. The molecule has 0 aromatic heterocycles. The van der Waals surface area contributed by atoms with Gasteiger partial charge in [-0.05, 0) is 82.5 Å². The van der Waals surface area contributed by atoms with Gasteiger partial charge < -0.3 is 19.5 Å². The van der Waals surface area contributed by atoms with E-state index in [0.717, 1.165) is 5.56 Å². The van der Waals surface area contributed by atoms with Crippen molar-refractivity contribution in [2.75, 3.05) is 11.9 Å². The molecule has 0 radical (unpaired) electrons. The van der Waals surface area contributed by atoms with Crippen molar-refractivity contribution in [3.63, 3.8) is 0 Å². The Morgan fingerprint density at radius 2 is 1.68 bits per heavy atom. The molecule has 0 saturated heterocycles. The Morgan fingerprint density at radius 1 is 0.950 bits per heavy atom. The summed E-state index contributed by atoms with van der Waals surface area (Å²) in [5.74, 6) is 0.510. The van der Waals surface area contributed by atoms with Crippen LogP contribution in [0.2, 0.25) is 0 Å². The number of benzene rings is 4. The van der Waals surface area contributed by atoms with E-state index in [1.807, 2.05) is 43.3 Å². The maximum absolute atomic E-state index is 14.0. The zero-order chi connectivity index (χ0) is 28.3. The van der Waals surface area contributed by atoms with E-state index in [0.29, 0.717) is 51.7 Å². The third-order valence-corrected chi connectivity index (χ3v) is 6.29. The topological polar surface area (TPSA) is 80.6 Å². The van der Waals surface area contributed by atoms with Crippen LogP contribution in [0.25, 0.3) is 6.08 Å². The Balaban J connectivity index is 1.45. The number of hydrogen-bond donors (Lipinski definition) is 1. The molecule has 0 fully saturated rings. The highest BCUT2D eigenvalue weighted by molar-refractivity contribution is 9.10. The van der Waals surface area contributed by atoms with Crippen molar-refractivity contribution in [3.8, 4) is 23.3 Å². The molecule has 4 aromatic rings. The molecule has 0 heterocycles. The minimum absolute atomic E-state index is 0.00245. The van der Waals surface area contributed by atoms with E-state index >= 15 is 0 Å². The molecular formula is C32H26BrFN2O4.